The molecular weight excluding hydrogens is 181 g/mol. The Kier molecular flexibility index (Phi) is 4.03. The van der Waals surface area contributed by atoms with Gasteiger partial charge < -0.3 is 5.73 Å². The second kappa shape index (κ2) is 4.30. The van der Waals surface area contributed by atoms with Gasteiger partial charge in [0.1, 0.15) is 6.67 Å². The van der Waals surface area contributed by atoms with Gasteiger partial charge in [0.2, 0.25) is 0 Å². The number of alkyl halides is 1. The molecule has 0 aliphatic rings. The zero-order valence-electron chi connectivity index (χ0n) is 7.17. The van der Waals surface area contributed by atoms with Crippen LogP contribution in [0.5, 0.6) is 0 Å². The van der Waals surface area contributed by atoms with E-state index in [1.165, 1.54) is 0 Å². The lowest BCUT2D eigenvalue weighted by molar-refractivity contribution is 0.422. The third-order valence-corrected chi connectivity index (χ3v) is 1.73. The average Bonchev–Trinajstić information content (AvgIpc) is 2.19. The molecule has 2 N–H and O–H groups in total. The number of hydrogen-bond acceptors (Lipinski definition) is 2. The summed E-state index contributed by atoms with van der Waals surface area (Å²) >= 11 is 0. The molecule has 0 unspecified atom stereocenters. The smallest absolute Gasteiger partial charge is 0.109 e. The van der Waals surface area contributed by atoms with E-state index in [2.05, 4.69) is 5.10 Å². The Morgan fingerprint density at radius 3 is 2.42 bits per heavy atom. The van der Waals surface area contributed by atoms with Gasteiger partial charge in [-0.15, -0.1) is 12.4 Å². The number of rotatable bonds is 2. The maximum absolute atomic E-state index is 11.9. The van der Waals surface area contributed by atoms with Crippen LogP contribution < -0.4 is 5.73 Å². The number of nitrogens with two attached hydrogens (primary N) is 1. The third kappa shape index (κ3) is 1.88. The van der Waals surface area contributed by atoms with Crippen LogP contribution in [-0.4, -0.2) is 16.5 Å². The Morgan fingerprint density at radius 2 is 2.08 bits per heavy atom. The maximum Gasteiger partial charge on any atom is 0.109 e. The Balaban J connectivity index is 0.00000121. The van der Waals surface area contributed by atoms with Crippen molar-refractivity contribution in [1.29, 1.82) is 0 Å². The lowest BCUT2D eigenvalue weighted by Gasteiger charge is -1.98. The van der Waals surface area contributed by atoms with E-state index in [0.717, 1.165) is 11.4 Å². The van der Waals surface area contributed by atoms with Gasteiger partial charge in [-0.3, -0.25) is 4.68 Å². The second-order valence-corrected chi connectivity index (χ2v) is 2.50. The number of aryl methyl sites for hydroxylation is 2. The van der Waals surface area contributed by atoms with Crippen molar-refractivity contribution in [3.05, 3.63) is 11.4 Å². The number of nitrogens with zero attached hydrogens (tertiary/aromatic N) is 2. The van der Waals surface area contributed by atoms with E-state index in [-0.39, 0.29) is 12.4 Å². The van der Waals surface area contributed by atoms with Gasteiger partial charge in [0.25, 0.3) is 0 Å². The van der Waals surface area contributed by atoms with Crippen LogP contribution in [0.25, 0.3) is 0 Å². The first kappa shape index (κ1) is 11.2. The van der Waals surface area contributed by atoms with Gasteiger partial charge in [-0.1, -0.05) is 0 Å². The SMILES string of the molecule is Cc1nn(CCF)c(C)c1N.Cl. The molecule has 12 heavy (non-hydrogen) atoms. The molecule has 0 aliphatic carbocycles. The van der Waals surface area contributed by atoms with Crippen molar-refractivity contribution in [2.75, 3.05) is 12.4 Å². The zero-order chi connectivity index (χ0) is 8.43. The third-order valence-electron chi connectivity index (χ3n) is 1.73. The Labute approximate surface area is 77.2 Å². The minimum atomic E-state index is -0.401. The summed E-state index contributed by atoms with van der Waals surface area (Å²) in [5.74, 6) is 0. The number of aromatic nitrogens is 2. The molecular formula is C7H13ClFN3. The Hall–Kier alpha value is -0.770. The van der Waals surface area contributed by atoms with E-state index in [1.54, 1.807) is 4.68 Å². The number of anilines is 1. The van der Waals surface area contributed by atoms with Crippen LogP contribution in [0.4, 0.5) is 10.1 Å². The predicted molar refractivity (Wildman–Crippen MR) is 49.3 cm³/mol. The van der Waals surface area contributed by atoms with Gasteiger partial charge in [0, 0.05) is 0 Å². The quantitative estimate of drug-likeness (QED) is 0.773. The van der Waals surface area contributed by atoms with Crippen LogP contribution >= 0.6 is 12.4 Å². The fourth-order valence-electron chi connectivity index (χ4n) is 1.01. The molecule has 0 atom stereocenters. The van der Waals surface area contributed by atoms with Crippen molar-refractivity contribution in [3.63, 3.8) is 0 Å². The molecule has 0 saturated heterocycles. The van der Waals surface area contributed by atoms with Crippen molar-refractivity contribution in [1.82, 2.24) is 9.78 Å². The van der Waals surface area contributed by atoms with Crippen molar-refractivity contribution in [3.8, 4) is 0 Å². The Bertz CT molecular complexity index is 259. The molecule has 1 rings (SSSR count). The summed E-state index contributed by atoms with van der Waals surface area (Å²) in [7, 11) is 0. The fraction of sp³-hybridized carbons (Fsp3) is 0.571. The van der Waals surface area contributed by atoms with Crippen LogP contribution in [0.2, 0.25) is 0 Å². The van der Waals surface area contributed by atoms with Gasteiger partial charge in [-0.2, -0.15) is 5.10 Å². The molecule has 0 bridgehead atoms. The molecule has 1 heterocycles. The number of halogens is 2. The van der Waals surface area contributed by atoms with E-state index >= 15 is 0 Å². The minimum absolute atomic E-state index is 0. The molecule has 0 saturated carbocycles. The van der Waals surface area contributed by atoms with Crippen molar-refractivity contribution < 1.29 is 4.39 Å². The van der Waals surface area contributed by atoms with Gasteiger partial charge in [-0.05, 0) is 13.8 Å². The molecule has 0 aromatic carbocycles. The average molecular weight is 194 g/mol. The van der Waals surface area contributed by atoms with Crippen molar-refractivity contribution in [2.45, 2.75) is 20.4 Å². The molecule has 3 nitrogen and oxygen atoms in total. The standard InChI is InChI=1S/C7H12FN3.ClH/c1-5-7(9)6(2)11(10-5)4-3-8;/h3-4,9H2,1-2H3;1H. The van der Waals surface area contributed by atoms with Crippen LogP contribution in [0.1, 0.15) is 11.4 Å². The van der Waals surface area contributed by atoms with Crippen LogP contribution in [0.15, 0.2) is 0 Å². The van der Waals surface area contributed by atoms with E-state index in [1.807, 2.05) is 13.8 Å². The largest absolute Gasteiger partial charge is 0.396 e. The molecule has 1 aromatic rings. The molecule has 5 heteroatoms. The van der Waals surface area contributed by atoms with Crippen LogP contribution in [-0.2, 0) is 6.54 Å². The first-order chi connectivity index (χ1) is 5.16. The fourth-order valence-corrected chi connectivity index (χ4v) is 1.01. The van der Waals surface area contributed by atoms with E-state index in [4.69, 9.17) is 5.73 Å². The highest BCUT2D eigenvalue weighted by atomic mass is 35.5. The summed E-state index contributed by atoms with van der Waals surface area (Å²) in [6.45, 7) is 3.55. The molecule has 0 spiro atoms. The summed E-state index contributed by atoms with van der Waals surface area (Å²) in [6.07, 6.45) is 0. The number of nitrogen functional groups attached to an aromatic ring is 1. The topological polar surface area (TPSA) is 43.8 Å². The highest BCUT2D eigenvalue weighted by Crippen LogP contribution is 2.13. The lowest BCUT2D eigenvalue weighted by atomic mass is 10.3. The molecule has 70 valence electrons. The summed E-state index contributed by atoms with van der Waals surface area (Å²) in [5.41, 5.74) is 7.91. The molecule has 0 aliphatic heterocycles. The highest BCUT2D eigenvalue weighted by Gasteiger charge is 2.06. The van der Waals surface area contributed by atoms with Crippen LogP contribution in [0.3, 0.4) is 0 Å². The normalized spacial score (nSPS) is 9.58. The van der Waals surface area contributed by atoms with E-state index < -0.39 is 6.67 Å². The van der Waals surface area contributed by atoms with Gasteiger partial charge in [-0.25, -0.2) is 4.39 Å². The number of hydrogen-bond donors (Lipinski definition) is 1. The van der Waals surface area contributed by atoms with E-state index in [9.17, 15) is 4.39 Å². The maximum atomic E-state index is 11.9. The summed E-state index contributed by atoms with van der Waals surface area (Å²) < 4.78 is 13.5. The van der Waals surface area contributed by atoms with Gasteiger partial charge >= 0.3 is 0 Å². The first-order valence-electron chi connectivity index (χ1n) is 3.52. The van der Waals surface area contributed by atoms with Gasteiger partial charge in [0.15, 0.2) is 0 Å². The van der Waals surface area contributed by atoms with Crippen molar-refractivity contribution in [2.24, 2.45) is 0 Å². The first-order valence-corrected chi connectivity index (χ1v) is 3.52. The summed E-state index contributed by atoms with van der Waals surface area (Å²) in [6, 6.07) is 0. The monoisotopic (exact) mass is 193 g/mol. The second-order valence-electron chi connectivity index (χ2n) is 2.50. The Morgan fingerprint density at radius 1 is 1.50 bits per heavy atom. The lowest BCUT2D eigenvalue weighted by Crippen LogP contribution is -2.04. The molecule has 0 amide bonds. The summed E-state index contributed by atoms with van der Waals surface area (Å²) in [5, 5.41) is 4.05. The predicted octanol–water partition coefficient (Wildman–Crippen LogP) is 1.47. The van der Waals surface area contributed by atoms with E-state index in [0.29, 0.717) is 12.2 Å². The molecule has 0 radical (unpaired) electrons. The molecule has 0 fully saturated rings. The summed E-state index contributed by atoms with van der Waals surface area (Å²) in [4.78, 5) is 0. The van der Waals surface area contributed by atoms with Crippen molar-refractivity contribution >= 4 is 18.1 Å². The highest BCUT2D eigenvalue weighted by molar-refractivity contribution is 5.85. The zero-order valence-corrected chi connectivity index (χ0v) is 7.99. The van der Waals surface area contributed by atoms with Gasteiger partial charge in [0.05, 0.1) is 23.6 Å². The van der Waals surface area contributed by atoms with Crippen LogP contribution in [0, 0.1) is 13.8 Å². The minimum Gasteiger partial charge on any atom is -0.396 e. The molecule has 1 aromatic heterocycles.